The Hall–Kier alpha value is -2.27. The van der Waals surface area contributed by atoms with Crippen molar-refractivity contribution in [1.29, 1.82) is 0 Å². The van der Waals surface area contributed by atoms with Crippen molar-refractivity contribution in [2.24, 2.45) is 0 Å². The highest BCUT2D eigenvalue weighted by atomic mass is 35.5. The maximum absolute atomic E-state index is 13.6. The molecule has 0 radical (unpaired) electrons. The minimum absolute atomic E-state index is 0.0101. The highest BCUT2D eigenvalue weighted by Crippen LogP contribution is 2.29. The zero-order chi connectivity index (χ0) is 21.0. The molecule has 0 aliphatic carbocycles. The van der Waals surface area contributed by atoms with E-state index in [-0.39, 0.29) is 34.4 Å². The number of hydrogen-bond donors (Lipinski definition) is 1. The normalized spacial score (nSPS) is 15.1. The first-order valence-electron chi connectivity index (χ1n) is 8.52. The minimum Gasteiger partial charge on any atom is -0.482 e. The molecule has 0 spiro atoms. The number of sulfonamides is 1. The van der Waals surface area contributed by atoms with Crippen LogP contribution in [0.4, 0.5) is 14.5 Å². The smallest absolute Gasteiger partial charge is 0.262 e. The summed E-state index contributed by atoms with van der Waals surface area (Å²) in [7, 11) is -3.73. The average molecular weight is 447 g/mol. The van der Waals surface area contributed by atoms with Crippen molar-refractivity contribution in [3.63, 3.8) is 0 Å². The monoisotopic (exact) mass is 446 g/mol. The Balaban J connectivity index is 1.64. The number of benzene rings is 2. The van der Waals surface area contributed by atoms with E-state index in [0.29, 0.717) is 13.2 Å². The number of carbonyl (C=O) groups is 1. The highest BCUT2D eigenvalue weighted by molar-refractivity contribution is 7.89. The van der Waals surface area contributed by atoms with Crippen molar-refractivity contribution in [2.45, 2.75) is 4.90 Å². The van der Waals surface area contributed by atoms with Gasteiger partial charge in [0.15, 0.2) is 6.61 Å². The van der Waals surface area contributed by atoms with E-state index < -0.39 is 34.2 Å². The predicted molar refractivity (Wildman–Crippen MR) is 102 cm³/mol. The Morgan fingerprint density at radius 3 is 2.59 bits per heavy atom. The second kappa shape index (κ2) is 9.04. The van der Waals surface area contributed by atoms with Gasteiger partial charge in [-0.25, -0.2) is 17.2 Å². The van der Waals surface area contributed by atoms with Crippen LogP contribution in [0.3, 0.4) is 0 Å². The van der Waals surface area contributed by atoms with E-state index >= 15 is 0 Å². The molecule has 3 rings (SSSR count). The third kappa shape index (κ3) is 5.21. The number of morpholine rings is 1. The quantitative estimate of drug-likeness (QED) is 0.737. The van der Waals surface area contributed by atoms with Crippen LogP contribution in [0.1, 0.15) is 0 Å². The standard InChI is InChI=1S/C18H17ClF2N2O5S/c19-14-10-13(29(25,26)23-5-7-27-8-6-23)2-4-17(14)28-11-18(24)22-16-9-12(20)1-3-15(16)21/h1-4,9-10H,5-8,11H2,(H,22,24). The van der Waals surface area contributed by atoms with Crippen LogP contribution >= 0.6 is 11.6 Å². The van der Waals surface area contributed by atoms with Gasteiger partial charge in [-0.05, 0) is 30.3 Å². The topological polar surface area (TPSA) is 84.9 Å². The number of carbonyl (C=O) groups excluding carboxylic acids is 1. The molecule has 0 aromatic heterocycles. The Labute approximate surface area is 171 Å². The van der Waals surface area contributed by atoms with Crippen molar-refractivity contribution in [3.8, 4) is 5.75 Å². The van der Waals surface area contributed by atoms with Gasteiger partial charge in [0.05, 0.1) is 28.8 Å². The summed E-state index contributed by atoms with van der Waals surface area (Å²) >= 11 is 6.09. The van der Waals surface area contributed by atoms with E-state index in [0.717, 1.165) is 18.2 Å². The molecule has 2 aromatic rings. The van der Waals surface area contributed by atoms with Crippen LogP contribution < -0.4 is 10.1 Å². The Bertz CT molecular complexity index is 1010. The second-order valence-corrected chi connectivity index (χ2v) is 8.41. The summed E-state index contributed by atoms with van der Waals surface area (Å²) in [4.78, 5) is 11.9. The Kier molecular flexibility index (Phi) is 6.68. The highest BCUT2D eigenvalue weighted by Gasteiger charge is 2.27. The summed E-state index contributed by atoms with van der Waals surface area (Å²) in [6.45, 7) is 0.583. The average Bonchev–Trinajstić information content (AvgIpc) is 2.70. The number of anilines is 1. The SMILES string of the molecule is O=C(COc1ccc(S(=O)(=O)N2CCOCC2)cc1Cl)Nc1cc(F)ccc1F. The maximum atomic E-state index is 13.6. The van der Waals surface area contributed by atoms with Crippen LogP contribution in [0.25, 0.3) is 0 Å². The third-order valence-electron chi connectivity index (χ3n) is 4.07. The zero-order valence-corrected chi connectivity index (χ0v) is 16.6. The van der Waals surface area contributed by atoms with Gasteiger partial charge in [-0.2, -0.15) is 4.31 Å². The molecule has 156 valence electrons. The molecule has 1 saturated heterocycles. The van der Waals surface area contributed by atoms with E-state index in [4.69, 9.17) is 21.1 Å². The fourth-order valence-corrected chi connectivity index (χ4v) is 4.35. The van der Waals surface area contributed by atoms with Gasteiger partial charge in [0.1, 0.15) is 17.4 Å². The van der Waals surface area contributed by atoms with Gasteiger partial charge >= 0.3 is 0 Å². The molecule has 1 aliphatic heterocycles. The van der Waals surface area contributed by atoms with E-state index in [1.807, 2.05) is 0 Å². The van der Waals surface area contributed by atoms with Gasteiger partial charge in [0.25, 0.3) is 5.91 Å². The van der Waals surface area contributed by atoms with E-state index in [9.17, 15) is 22.0 Å². The summed E-state index contributed by atoms with van der Waals surface area (Å²) in [5.74, 6) is -2.17. The third-order valence-corrected chi connectivity index (χ3v) is 6.26. The number of amides is 1. The van der Waals surface area contributed by atoms with Crippen LogP contribution in [0.15, 0.2) is 41.3 Å². The molecule has 0 atom stereocenters. The minimum atomic E-state index is -3.73. The molecule has 1 fully saturated rings. The summed E-state index contributed by atoms with van der Waals surface area (Å²) in [6.07, 6.45) is 0. The molecule has 29 heavy (non-hydrogen) atoms. The van der Waals surface area contributed by atoms with Crippen molar-refractivity contribution in [1.82, 2.24) is 4.31 Å². The first kappa shape index (κ1) is 21.4. The summed E-state index contributed by atoms with van der Waals surface area (Å²) in [5.41, 5.74) is -0.323. The van der Waals surface area contributed by atoms with E-state index in [1.54, 1.807) is 0 Å². The number of nitrogens with one attached hydrogen (secondary N) is 1. The van der Waals surface area contributed by atoms with E-state index in [1.165, 1.54) is 22.5 Å². The lowest BCUT2D eigenvalue weighted by Crippen LogP contribution is -2.40. The molecule has 0 saturated carbocycles. The molecule has 0 bridgehead atoms. The van der Waals surface area contributed by atoms with Crippen LogP contribution in [-0.4, -0.2) is 51.5 Å². The van der Waals surface area contributed by atoms with Crippen molar-refractivity contribution in [2.75, 3.05) is 38.2 Å². The lowest BCUT2D eigenvalue weighted by molar-refractivity contribution is -0.118. The van der Waals surface area contributed by atoms with Crippen LogP contribution in [0.2, 0.25) is 5.02 Å². The fourth-order valence-electron chi connectivity index (χ4n) is 2.62. The molecule has 1 amide bonds. The maximum Gasteiger partial charge on any atom is 0.262 e. The van der Waals surface area contributed by atoms with Crippen molar-refractivity contribution >= 4 is 33.2 Å². The van der Waals surface area contributed by atoms with Gasteiger partial charge in [-0.15, -0.1) is 0 Å². The second-order valence-electron chi connectivity index (χ2n) is 6.07. The summed E-state index contributed by atoms with van der Waals surface area (Å²) < 4.78 is 63.6. The summed E-state index contributed by atoms with van der Waals surface area (Å²) in [6, 6.07) is 6.52. The van der Waals surface area contributed by atoms with Gasteiger partial charge in [-0.1, -0.05) is 11.6 Å². The van der Waals surface area contributed by atoms with E-state index in [2.05, 4.69) is 5.32 Å². The summed E-state index contributed by atoms with van der Waals surface area (Å²) in [5, 5.41) is 2.17. The molecule has 2 aromatic carbocycles. The fraction of sp³-hybridized carbons (Fsp3) is 0.278. The van der Waals surface area contributed by atoms with Crippen LogP contribution in [0.5, 0.6) is 5.75 Å². The first-order chi connectivity index (χ1) is 13.8. The number of rotatable bonds is 6. The predicted octanol–water partition coefficient (Wildman–Crippen LogP) is 2.66. The largest absolute Gasteiger partial charge is 0.482 e. The molecule has 1 heterocycles. The Morgan fingerprint density at radius 2 is 1.90 bits per heavy atom. The lowest BCUT2D eigenvalue weighted by Gasteiger charge is -2.26. The molecule has 0 unspecified atom stereocenters. The molecule has 7 nitrogen and oxygen atoms in total. The molecule has 1 aliphatic rings. The molecular formula is C18H17ClF2N2O5S. The molecule has 11 heteroatoms. The first-order valence-corrected chi connectivity index (χ1v) is 10.3. The number of nitrogens with zero attached hydrogens (tertiary/aromatic N) is 1. The van der Waals surface area contributed by atoms with Gasteiger partial charge in [0.2, 0.25) is 10.0 Å². The van der Waals surface area contributed by atoms with Gasteiger partial charge < -0.3 is 14.8 Å². The number of halogens is 3. The lowest BCUT2D eigenvalue weighted by atomic mass is 10.3. The Morgan fingerprint density at radius 1 is 1.17 bits per heavy atom. The van der Waals surface area contributed by atoms with Gasteiger partial charge in [-0.3, -0.25) is 4.79 Å². The van der Waals surface area contributed by atoms with Crippen LogP contribution in [0, 0.1) is 11.6 Å². The number of ether oxygens (including phenoxy) is 2. The zero-order valence-electron chi connectivity index (χ0n) is 15.0. The van der Waals surface area contributed by atoms with Crippen LogP contribution in [-0.2, 0) is 19.6 Å². The molecular weight excluding hydrogens is 430 g/mol. The van der Waals surface area contributed by atoms with Crippen molar-refractivity contribution in [3.05, 3.63) is 53.1 Å². The van der Waals surface area contributed by atoms with Crippen molar-refractivity contribution < 1.29 is 31.5 Å². The van der Waals surface area contributed by atoms with Gasteiger partial charge in [0, 0.05) is 19.2 Å². The molecule has 1 N–H and O–H groups in total. The number of hydrogen-bond acceptors (Lipinski definition) is 5.